The monoisotopic (exact) mass is 341 g/mol. The van der Waals surface area contributed by atoms with E-state index in [4.69, 9.17) is 0 Å². The predicted molar refractivity (Wildman–Crippen MR) is 86.5 cm³/mol. The Morgan fingerprint density at radius 1 is 1.10 bits per heavy atom. The largest absolute Gasteiger partial charge is 0.506 e. The van der Waals surface area contributed by atoms with Gasteiger partial charge in [0.1, 0.15) is 11.4 Å². The quantitative estimate of drug-likeness (QED) is 0.632. The molecule has 0 bridgehead atoms. The molecule has 104 valence electrons. The maximum Gasteiger partial charge on any atom is 0.177 e. The van der Waals surface area contributed by atoms with Gasteiger partial charge in [-0.05, 0) is 42.1 Å². The highest BCUT2D eigenvalue weighted by Crippen LogP contribution is 2.37. The molecule has 0 fully saturated rings. The molecule has 1 N–H and O–H groups in total. The minimum absolute atomic E-state index is 0.0992. The molecule has 0 saturated heterocycles. The molecule has 3 rings (SSSR count). The van der Waals surface area contributed by atoms with E-state index in [1.54, 1.807) is 12.3 Å². The maximum atomic E-state index is 10.0. The van der Waals surface area contributed by atoms with Crippen LogP contribution in [0.15, 0.2) is 63.4 Å². The summed E-state index contributed by atoms with van der Waals surface area (Å²) in [4.78, 5) is 4.17. The number of azo groups is 1. The van der Waals surface area contributed by atoms with Crippen LogP contribution in [0, 0.1) is 6.92 Å². The van der Waals surface area contributed by atoms with Gasteiger partial charge in [-0.25, -0.2) is 4.98 Å². The van der Waals surface area contributed by atoms with E-state index >= 15 is 0 Å². The van der Waals surface area contributed by atoms with E-state index < -0.39 is 0 Å². The number of benzene rings is 2. The molecule has 5 heteroatoms. The van der Waals surface area contributed by atoms with Crippen LogP contribution in [0.2, 0.25) is 0 Å². The van der Waals surface area contributed by atoms with Gasteiger partial charge in [0.2, 0.25) is 0 Å². The number of nitrogens with zero attached hydrogens (tertiary/aromatic N) is 3. The van der Waals surface area contributed by atoms with Crippen LogP contribution in [0.3, 0.4) is 0 Å². The lowest BCUT2D eigenvalue weighted by atomic mass is 10.1. The van der Waals surface area contributed by atoms with E-state index in [-0.39, 0.29) is 5.75 Å². The van der Waals surface area contributed by atoms with Crippen LogP contribution in [0.5, 0.6) is 5.75 Å². The highest BCUT2D eigenvalue weighted by Gasteiger charge is 2.07. The predicted octanol–water partition coefficient (Wildman–Crippen LogP) is 5.43. The lowest BCUT2D eigenvalue weighted by Gasteiger charge is -2.04. The second-order valence-corrected chi connectivity index (χ2v) is 5.56. The molecule has 0 aliphatic heterocycles. The number of pyridine rings is 1. The third-order valence-electron chi connectivity index (χ3n) is 3.16. The molecule has 0 spiro atoms. The first-order valence-corrected chi connectivity index (χ1v) is 7.19. The average molecular weight is 342 g/mol. The van der Waals surface area contributed by atoms with E-state index in [1.807, 2.05) is 43.3 Å². The normalized spacial score (nSPS) is 11.3. The maximum absolute atomic E-state index is 10.0. The van der Waals surface area contributed by atoms with Crippen molar-refractivity contribution < 1.29 is 5.11 Å². The minimum Gasteiger partial charge on any atom is -0.506 e. The van der Waals surface area contributed by atoms with E-state index in [2.05, 4.69) is 31.1 Å². The van der Waals surface area contributed by atoms with Crippen molar-refractivity contribution in [1.29, 1.82) is 0 Å². The van der Waals surface area contributed by atoms with Crippen molar-refractivity contribution in [1.82, 2.24) is 4.98 Å². The summed E-state index contributed by atoms with van der Waals surface area (Å²) in [6.07, 6.45) is 1.67. The summed E-state index contributed by atoms with van der Waals surface area (Å²) in [6.45, 7) is 1.92. The number of phenolic OH excluding ortho intramolecular Hbond substituents is 1. The number of halogens is 1. The standard InChI is InChI=1S/C16H12BrN3O/c1-10-3-2-8-18-16(10)20-19-15-13-6-5-12(17)9-11(13)4-7-14(15)21/h2-9,21H,1H3. The van der Waals surface area contributed by atoms with E-state index in [0.717, 1.165) is 20.8 Å². The summed E-state index contributed by atoms with van der Waals surface area (Å²) >= 11 is 3.43. The first-order chi connectivity index (χ1) is 10.1. The lowest BCUT2D eigenvalue weighted by molar-refractivity contribution is 0.477. The number of hydrogen-bond donors (Lipinski definition) is 1. The molecule has 3 aromatic rings. The van der Waals surface area contributed by atoms with Crippen molar-refractivity contribution in [3.63, 3.8) is 0 Å². The number of aromatic hydroxyl groups is 1. The Morgan fingerprint density at radius 2 is 1.95 bits per heavy atom. The van der Waals surface area contributed by atoms with Gasteiger partial charge in [-0.15, -0.1) is 10.2 Å². The van der Waals surface area contributed by atoms with Crippen molar-refractivity contribution in [3.05, 3.63) is 58.7 Å². The number of aromatic nitrogens is 1. The van der Waals surface area contributed by atoms with Crippen LogP contribution in [-0.4, -0.2) is 10.1 Å². The summed E-state index contributed by atoms with van der Waals surface area (Å²) in [5, 5.41) is 20.2. The summed E-state index contributed by atoms with van der Waals surface area (Å²) in [7, 11) is 0. The topological polar surface area (TPSA) is 57.8 Å². The van der Waals surface area contributed by atoms with Gasteiger partial charge in [-0.3, -0.25) is 0 Å². The summed E-state index contributed by atoms with van der Waals surface area (Å²) < 4.78 is 0.976. The molecule has 0 aliphatic carbocycles. The fraction of sp³-hybridized carbons (Fsp3) is 0.0625. The fourth-order valence-electron chi connectivity index (χ4n) is 2.06. The Kier molecular flexibility index (Phi) is 3.66. The molecule has 0 saturated carbocycles. The van der Waals surface area contributed by atoms with Crippen LogP contribution >= 0.6 is 15.9 Å². The van der Waals surface area contributed by atoms with E-state index in [1.165, 1.54) is 0 Å². The van der Waals surface area contributed by atoms with Crippen LogP contribution in [0.1, 0.15) is 5.56 Å². The van der Waals surface area contributed by atoms with Crippen molar-refractivity contribution in [2.75, 3.05) is 0 Å². The molecule has 0 atom stereocenters. The highest BCUT2D eigenvalue weighted by molar-refractivity contribution is 9.10. The molecular weight excluding hydrogens is 330 g/mol. The number of fused-ring (bicyclic) bond motifs is 1. The van der Waals surface area contributed by atoms with Crippen LogP contribution < -0.4 is 0 Å². The van der Waals surface area contributed by atoms with Crippen molar-refractivity contribution in [2.24, 2.45) is 10.2 Å². The van der Waals surface area contributed by atoms with Gasteiger partial charge in [0.05, 0.1) is 0 Å². The Balaban J connectivity index is 2.12. The SMILES string of the molecule is Cc1cccnc1N=Nc1c(O)ccc2cc(Br)ccc12. The van der Waals surface area contributed by atoms with Crippen LogP contribution in [-0.2, 0) is 0 Å². The van der Waals surface area contributed by atoms with Crippen molar-refractivity contribution >= 4 is 38.2 Å². The fourth-order valence-corrected chi connectivity index (χ4v) is 2.44. The van der Waals surface area contributed by atoms with Gasteiger partial charge in [-0.2, -0.15) is 0 Å². The first-order valence-electron chi connectivity index (χ1n) is 6.40. The molecule has 0 unspecified atom stereocenters. The zero-order valence-electron chi connectivity index (χ0n) is 11.3. The molecule has 0 aliphatic rings. The highest BCUT2D eigenvalue weighted by atomic mass is 79.9. The number of phenols is 1. The van der Waals surface area contributed by atoms with Crippen molar-refractivity contribution in [2.45, 2.75) is 6.92 Å². The summed E-state index contributed by atoms with van der Waals surface area (Å²) in [6, 6.07) is 13.0. The minimum atomic E-state index is 0.0992. The Morgan fingerprint density at radius 3 is 2.76 bits per heavy atom. The molecule has 0 amide bonds. The molecule has 21 heavy (non-hydrogen) atoms. The van der Waals surface area contributed by atoms with Gasteiger partial charge < -0.3 is 5.11 Å². The smallest absolute Gasteiger partial charge is 0.177 e. The molecule has 4 nitrogen and oxygen atoms in total. The van der Waals surface area contributed by atoms with E-state index in [0.29, 0.717) is 11.5 Å². The van der Waals surface area contributed by atoms with Gasteiger partial charge in [0.25, 0.3) is 0 Å². The Bertz CT molecular complexity index is 846. The number of aryl methyl sites for hydroxylation is 1. The van der Waals surface area contributed by atoms with Gasteiger partial charge >= 0.3 is 0 Å². The number of hydrogen-bond acceptors (Lipinski definition) is 4. The van der Waals surface area contributed by atoms with Crippen LogP contribution in [0.25, 0.3) is 10.8 Å². The third-order valence-corrected chi connectivity index (χ3v) is 3.65. The third kappa shape index (κ3) is 2.78. The van der Waals surface area contributed by atoms with Crippen LogP contribution in [0.4, 0.5) is 11.5 Å². The summed E-state index contributed by atoms with van der Waals surface area (Å²) in [5.74, 6) is 0.646. The Labute approximate surface area is 130 Å². The van der Waals surface area contributed by atoms with Gasteiger partial charge in [0, 0.05) is 16.1 Å². The zero-order valence-corrected chi connectivity index (χ0v) is 12.9. The molecule has 2 aromatic carbocycles. The molecular formula is C16H12BrN3O. The second kappa shape index (κ2) is 5.61. The average Bonchev–Trinajstić information content (AvgIpc) is 2.48. The lowest BCUT2D eigenvalue weighted by Crippen LogP contribution is -1.78. The van der Waals surface area contributed by atoms with Gasteiger partial charge in [-0.1, -0.05) is 34.1 Å². The second-order valence-electron chi connectivity index (χ2n) is 4.64. The molecule has 1 heterocycles. The Hall–Kier alpha value is -2.27. The van der Waals surface area contributed by atoms with E-state index in [9.17, 15) is 5.11 Å². The van der Waals surface area contributed by atoms with Gasteiger partial charge in [0.15, 0.2) is 5.82 Å². The molecule has 1 aromatic heterocycles. The summed E-state index contributed by atoms with van der Waals surface area (Å²) in [5.41, 5.74) is 1.38. The van der Waals surface area contributed by atoms with Crippen molar-refractivity contribution in [3.8, 4) is 5.75 Å². The first kappa shape index (κ1) is 13.7. The molecule has 0 radical (unpaired) electrons. The zero-order chi connectivity index (χ0) is 14.8. The number of rotatable bonds is 2.